The van der Waals surface area contributed by atoms with E-state index < -0.39 is 0 Å². The van der Waals surface area contributed by atoms with E-state index in [1.807, 2.05) is 13.0 Å². The Morgan fingerprint density at radius 2 is 1.91 bits per heavy atom. The van der Waals surface area contributed by atoms with Gasteiger partial charge >= 0.3 is 0 Å². The van der Waals surface area contributed by atoms with E-state index >= 15 is 0 Å². The molecule has 1 atom stereocenters. The molecular weight excluding hydrogens is 136 g/mol. The Morgan fingerprint density at radius 1 is 1.27 bits per heavy atom. The molecular formula is C9H16N2. The molecule has 0 bridgehead atoms. The van der Waals surface area contributed by atoms with Gasteiger partial charge in [-0.3, -0.25) is 4.99 Å². The van der Waals surface area contributed by atoms with Gasteiger partial charge in [-0.2, -0.15) is 0 Å². The molecule has 2 heteroatoms. The predicted molar refractivity (Wildman–Crippen MR) is 50.7 cm³/mol. The van der Waals surface area contributed by atoms with Gasteiger partial charge in [0, 0.05) is 12.4 Å². The third-order valence-electron chi connectivity index (χ3n) is 1.14. The second kappa shape index (κ2) is 5.83. The van der Waals surface area contributed by atoms with Gasteiger partial charge in [0.15, 0.2) is 0 Å². The molecule has 0 radical (unpaired) electrons. The van der Waals surface area contributed by atoms with Crippen LogP contribution in [-0.2, 0) is 0 Å². The van der Waals surface area contributed by atoms with Crippen molar-refractivity contribution in [3.8, 4) is 0 Å². The van der Waals surface area contributed by atoms with Crippen molar-refractivity contribution in [3.05, 3.63) is 12.2 Å². The van der Waals surface area contributed by atoms with Gasteiger partial charge in [-0.15, -0.1) is 0 Å². The first-order chi connectivity index (χ1) is 5.16. The summed E-state index contributed by atoms with van der Waals surface area (Å²) in [6, 6.07) is 0.00631. The number of allylic oxidation sites excluding steroid dienone is 2. The first-order valence-corrected chi connectivity index (χ1v) is 3.87. The van der Waals surface area contributed by atoms with Crippen LogP contribution < -0.4 is 0 Å². The lowest BCUT2D eigenvalue weighted by molar-refractivity contribution is 0.833. The minimum Gasteiger partial charge on any atom is -0.311 e. The van der Waals surface area contributed by atoms with E-state index in [4.69, 9.17) is 5.41 Å². The molecule has 0 rings (SSSR count). The van der Waals surface area contributed by atoms with Crippen molar-refractivity contribution >= 4 is 12.4 Å². The van der Waals surface area contributed by atoms with E-state index in [1.54, 1.807) is 6.21 Å². The minimum absolute atomic E-state index is 0.00631. The fourth-order valence-electron chi connectivity index (χ4n) is 0.500. The molecule has 2 nitrogen and oxygen atoms in total. The summed E-state index contributed by atoms with van der Waals surface area (Å²) >= 11 is 0. The number of hydrogen-bond donors (Lipinski definition) is 1. The molecule has 62 valence electrons. The summed E-state index contributed by atoms with van der Waals surface area (Å²) in [5, 5.41) is 6.87. The highest BCUT2D eigenvalue weighted by Crippen LogP contribution is 1.91. The number of hydrogen-bond acceptors (Lipinski definition) is 2. The standard InChI is InChI=1S/C9H16N2/c1-8(2)5-4-6-11-9(3)7-10/h4-10H,1-3H3/b5-4-,10-7?,11-6?. The molecule has 0 saturated carbocycles. The van der Waals surface area contributed by atoms with E-state index in [0.29, 0.717) is 5.92 Å². The maximum absolute atomic E-state index is 6.87. The van der Waals surface area contributed by atoms with E-state index in [-0.39, 0.29) is 6.04 Å². The van der Waals surface area contributed by atoms with Gasteiger partial charge in [-0.05, 0) is 18.9 Å². The number of aliphatic imine (C=N–C) groups is 1. The topological polar surface area (TPSA) is 36.2 Å². The molecule has 0 aliphatic carbocycles. The third kappa shape index (κ3) is 6.97. The first kappa shape index (κ1) is 10.1. The summed E-state index contributed by atoms with van der Waals surface area (Å²) < 4.78 is 0. The lowest BCUT2D eigenvalue weighted by Crippen LogP contribution is -1.96. The normalized spacial score (nSPS) is 14.9. The van der Waals surface area contributed by atoms with E-state index in [1.165, 1.54) is 6.21 Å². The fourth-order valence-corrected chi connectivity index (χ4v) is 0.500. The molecule has 0 fully saturated rings. The van der Waals surface area contributed by atoms with Crippen LogP contribution in [0, 0.1) is 11.3 Å². The third-order valence-corrected chi connectivity index (χ3v) is 1.14. The number of nitrogens with one attached hydrogen (secondary N) is 1. The van der Waals surface area contributed by atoms with E-state index in [0.717, 1.165) is 0 Å². The zero-order valence-electron chi connectivity index (χ0n) is 7.41. The van der Waals surface area contributed by atoms with Crippen molar-refractivity contribution in [1.82, 2.24) is 0 Å². The van der Waals surface area contributed by atoms with Crippen LogP contribution in [0.3, 0.4) is 0 Å². The van der Waals surface area contributed by atoms with Crippen LogP contribution in [0.4, 0.5) is 0 Å². The zero-order chi connectivity index (χ0) is 8.69. The fraction of sp³-hybridized carbons (Fsp3) is 0.556. The summed E-state index contributed by atoms with van der Waals surface area (Å²) in [7, 11) is 0. The lowest BCUT2D eigenvalue weighted by atomic mass is 10.2. The molecule has 0 spiro atoms. The maximum Gasteiger partial charge on any atom is 0.0815 e. The highest BCUT2D eigenvalue weighted by molar-refractivity contribution is 5.74. The Morgan fingerprint density at radius 3 is 2.36 bits per heavy atom. The summed E-state index contributed by atoms with van der Waals surface area (Å²) in [4.78, 5) is 4.06. The monoisotopic (exact) mass is 152 g/mol. The molecule has 1 N–H and O–H groups in total. The summed E-state index contributed by atoms with van der Waals surface area (Å²) in [6.45, 7) is 6.11. The molecule has 0 aromatic rings. The highest BCUT2D eigenvalue weighted by Gasteiger charge is 1.86. The Kier molecular flexibility index (Phi) is 5.35. The van der Waals surface area contributed by atoms with Crippen molar-refractivity contribution in [1.29, 1.82) is 5.41 Å². The van der Waals surface area contributed by atoms with Crippen LogP contribution in [0.2, 0.25) is 0 Å². The molecule has 0 saturated heterocycles. The second-order valence-corrected chi connectivity index (χ2v) is 2.83. The summed E-state index contributed by atoms with van der Waals surface area (Å²) in [5.41, 5.74) is 0. The number of nitrogens with zero attached hydrogens (tertiary/aromatic N) is 1. The molecule has 0 aliphatic heterocycles. The van der Waals surface area contributed by atoms with Gasteiger partial charge in [0.25, 0.3) is 0 Å². The van der Waals surface area contributed by atoms with Gasteiger partial charge in [0.1, 0.15) is 0 Å². The Hall–Kier alpha value is -0.920. The molecule has 0 amide bonds. The summed E-state index contributed by atoms with van der Waals surface area (Å²) in [5.74, 6) is 0.566. The van der Waals surface area contributed by atoms with Gasteiger partial charge in [-0.1, -0.05) is 19.9 Å². The van der Waals surface area contributed by atoms with Crippen LogP contribution in [-0.4, -0.2) is 18.5 Å². The second-order valence-electron chi connectivity index (χ2n) is 2.83. The highest BCUT2D eigenvalue weighted by atomic mass is 14.8. The molecule has 0 aliphatic rings. The van der Waals surface area contributed by atoms with Crippen LogP contribution >= 0.6 is 0 Å². The maximum atomic E-state index is 6.87. The summed E-state index contributed by atoms with van der Waals surface area (Å²) in [6.07, 6.45) is 7.06. The largest absolute Gasteiger partial charge is 0.311 e. The van der Waals surface area contributed by atoms with Crippen molar-refractivity contribution in [2.45, 2.75) is 26.8 Å². The first-order valence-electron chi connectivity index (χ1n) is 3.87. The Bertz CT molecular complexity index is 157. The van der Waals surface area contributed by atoms with Gasteiger partial charge in [0.2, 0.25) is 0 Å². The minimum atomic E-state index is 0.00631. The van der Waals surface area contributed by atoms with Crippen molar-refractivity contribution in [3.63, 3.8) is 0 Å². The Balaban J connectivity index is 3.67. The van der Waals surface area contributed by atoms with Crippen LogP contribution in [0.5, 0.6) is 0 Å². The van der Waals surface area contributed by atoms with Crippen LogP contribution in [0.15, 0.2) is 17.1 Å². The van der Waals surface area contributed by atoms with E-state index in [9.17, 15) is 0 Å². The quantitative estimate of drug-likeness (QED) is 0.600. The van der Waals surface area contributed by atoms with Crippen molar-refractivity contribution < 1.29 is 0 Å². The van der Waals surface area contributed by atoms with Gasteiger partial charge < -0.3 is 5.41 Å². The average Bonchev–Trinajstić information content (AvgIpc) is 1.97. The van der Waals surface area contributed by atoms with Crippen LogP contribution in [0.25, 0.3) is 0 Å². The molecule has 11 heavy (non-hydrogen) atoms. The Labute approximate surface area is 68.5 Å². The molecule has 0 heterocycles. The average molecular weight is 152 g/mol. The van der Waals surface area contributed by atoms with E-state index in [2.05, 4.69) is 24.9 Å². The lowest BCUT2D eigenvalue weighted by Gasteiger charge is -1.92. The smallest absolute Gasteiger partial charge is 0.0815 e. The molecule has 0 aromatic carbocycles. The number of rotatable bonds is 4. The molecule has 1 unspecified atom stereocenters. The van der Waals surface area contributed by atoms with Gasteiger partial charge in [-0.25, -0.2) is 0 Å². The van der Waals surface area contributed by atoms with Crippen LogP contribution in [0.1, 0.15) is 20.8 Å². The van der Waals surface area contributed by atoms with Gasteiger partial charge in [0.05, 0.1) is 6.04 Å². The van der Waals surface area contributed by atoms with Crippen molar-refractivity contribution in [2.24, 2.45) is 10.9 Å². The SMILES string of the molecule is CC(C)/C=C\C=NC(C)C=N. The van der Waals surface area contributed by atoms with Crippen molar-refractivity contribution in [2.75, 3.05) is 0 Å². The predicted octanol–water partition coefficient (Wildman–Crippen LogP) is 2.31. The molecule has 0 aromatic heterocycles. The zero-order valence-corrected chi connectivity index (χ0v) is 7.41.